The molecule has 1 unspecified atom stereocenters. The van der Waals surface area contributed by atoms with Crippen LogP contribution < -0.4 is 4.74 Å². The minimum Gasteiger partial charge on any atom is -0.496 e. The van der Waals surface area contributed by atoms with Gasteiger partial charge in [-0.15, -0.1) is 0 Å². The lowest BCUT2D eigenvalue weighted by Gasteiger charge is -2.27. The van der Waals surface area contributed by atoms with Crippen molar-refractivity contribution in [3.8, 4) is 11.8 Å². The van der Waals surface area contributed by atoms with Crippen molar-refractivity contribution in [3.05, 3.63) is 28.8 Å². The fourth-order valence-corrected chi connectivity index (χ4v) is 2.40. The van der Waals surface area contributed by atoms with Crippen LogP contribution in [0.15, 0.2) is 12.1 Å². The van der Waals surface area contributed by atoms with Gasteiger partial charge in [0.1, 0.15) is 5.75 Å². The highest BCUT2D eigenvalue weighted by Gasteiger charge is 2.20. The summed E-state index contributed by atoms with van der Waals surface area (Å²) in [6, 6.07) is 6.67. The Hall–Kier alpha value is -1.53. The molecule has 3 nitrogen and oxygen atoms in total. The predicted octanol–water partition coefficient (Wildman–Crippen LogP) is 3.22. The number of ether oxygens (including phenoxy) is 1. The Morgan fingerprint density at radius 1 is 1.33 bits per heavy atom. The second-order valence-electron chi connectivity index (χ2n) is 4.87. The molecule has 3 heteroatoms. The molecule has 0 aliphatic carbocycles. The maximum atomic E-state index is 8.78. The number of benzene rings is 1. The van der Waals surface area contributed by atoms with Gasteiger partial charge in [0.25, 0.3) is 0 Å². The summed E-state index contributed by atoms with van der Waals surface area (Å²) in [5.74, 6) is 0.920. The number of methoxy groups -OCH3 is 1. The maximum absolute atomic E-state index is 8.78. The summed E-state index contributed by atoms with van der Waals surface area (Å²) in [6.07, 6.45) is 1.38. The summed E-state index contributed by atoms with van der Waals surface area (Å²) in [6.45, 7) is 4.17. The first-order chi connectivity index (χ1) is 8.51. The normalized spacial score (nSPS) is 12.3. The van der Waals surface area contributed by atoms with Crippen molar-refractivity contribution in [3.63, 3.8) is 0 Å². The van der Waals surface area contributed by atoms with Crippen LogP contribution in [0.2, 0.25) is 0 Å². The molecule has 1 aromatic rings. The molecule has 0 aromatic heterocycles. The second kappa shape index (κ2) is 6.42. The molecule has 1 aromatic carbocycles. The number of nitrogens with zero attached hydrogens (tertiary/aromatic N) is 2. The van der Waals surface area contributed by atoms with Gasteiger partial charge in [0.05, 0.1) is 13.2 Å². The first-order valence-corrected chi connectivity index (χ1v) is 6.19. The van der Waals surface area contributed by atoms with Crippen molar-refractivity contribution in [2.24, 2.45) is 0 Å². The molecule has 18 heavy (non-hydrogen) atoms. The lowest BCUT2D eigenvalue weighted by Crippen LogP contribution is -2.21. The maximum Gasteiger partial charge on any atom is 0.124 e. The Labute approximate surface area is 110 Å². The smallest absolute Gasteiger partial charge is 0.124 e. The zero-order valence-electron chi connectivity index (χ0n) is 11.9. The lowest BCUT2D eigenvalue weighted by molar-refractivity contribution is 0.275. The van der Waals surface area contributed by atoms with E-state index < -0.39 is 0 Å². The average Bonchev–Trinajstić information content (AvgIpc) is 2.30. The van der Waals surface area contributed by atoms with Crippen LogP contribution in [0.4, 0.5) is 0 Å². The molecule has 0 saturated heterocycles. The molecule has 0 heterocycles. The standard InChI is InChI=1S/C15H22N2O/c1-11-9-12(2)15(14(10-11)18-5)13(17(3)4)7-6-8-16/h9-10,13H,6-7H2,1-5H3. The van der Waals surface area contributed by atoms with Crippen molar-refractivity contribution in [2.75, 3.05) is 21.2 Å². The third kappa shape index (κ3) is 3.24. The van der Waals surface area contributed by atoms with Crippen molar-refractivity contribution in [1.82, 2.24) is 4.90 Å². The molecule has 0 aliphatic heterocycles. The number of aryl methyl sites for hydroxylation is 2. The van der Waals surface area contributed by atoms with E-state index in [2.05, 4.69) is 36.9 Å². The average molecular weight is 246 g/mol. The molecular weight excluding hydrogens is 224 g/mol. The highest BCUT2D eigenvalue weighted by molar-refractivity contribution is 5.45. The first kappa shape index (κ1) is 14.5. The van der Waals surface area contributed by atoms with Crippen molar-refractivity contribution < 1.29 is 4.74 Å². The van der Waals surface area contributed by atoms with Crippen LogP contribution >= 0.6 is 0 Å². The molecule has 1 atom stereocenters. The Morgan fingerprint density at radius 3 is 2.50 bits per heavy atom. The number of hydrogen-bond acceptors (Lipinski definition) is 3. The van der Waals surface area contributed by atoms with Gasteiger partial charge < -0.3 is 9.64 Å². The Kier molecular flexibility index (Phi) is 5.18. The van der Waals surface area contributed by atoms with Gasteiger partial charge in [-0.2, -0.15) is 5.26 Å². The van der Waals surface area contributed by atoms with E-state index in [0.717, 1.165) is 12.2 Å². The molecule has 0 fully saturated rings. The van der Waals surface area contributed by atoms with E-state index in [1.165, 1.54) is 16.7 Å². The van der Waals surface area contributed by atoms with Gasteiger partial charge in [-0.1, -0.05) is 6.07 Å². The van der Waals surface area contributed by atoms with Crippen LogP contribution in [0.25, 0.3) is 0 Å². The molecule has 0 aliphatic rings. The summed E-state index contributed by atoms with van der Waals surface area (Å²) in [7, 11) is 5.79. The van der Waals surface area contributed by atoms with Gasteiger partial charge in [-0.25, -0.2) is 0 Å². The summed E-state index contributed by atoms with van der Waals surface area (Å²) >= 11 is 0. The van der Waals surface area contributed by atoms with E-state index in [1.807, 2.05) is 14.1 Å². The van der Waals surface area contributed by atoms with Gasteiger partial charge >= 0.3 is 0 Å². The van der Waals surface area contributed by atoms with Crippen LogP contribution in [-0.4, -0.2) is 26.1 Å². The van der Waals surface area contributed by atoms with Crippen molar-refractivity contribution in [2.45, 2.75) is 32.7 Å². The summed E-state index contributed by atoms with van der Waals surface area (Å²) in [5, 5.41) is 8.78. The Bertz CT molecular complexity index is 447. The molecule has 0 spiro atoms. The number of hydrogen-bond donors (Lipinski definition) is 0. The van der Waals surface area contributed by atoms with E-state index in [9.17, 15) is 0 Å². The van der Waals surface area contributed by atoms with Gasteiger partial charge in [-0.3, -0.25) is 0 Å². The highest BCUT2D eigenvalue weighted by Crippen LogP contribution is 2.34. The van der Waals surface area contributed by atoms with Crippen LogP contribution in [0.5, 0.6) is 5.75 Å². The quantitative estimate of drug-likeness (QED) is 0.800. The minimum absolute atomic E-state index is 0.222. The lowest BCUT2D eigenvalue weighted by atomic mass is 9.94. The third-order valence-corrected chi connectivity index (χ3v) is 3.20. The fraction of sp³-hybridized carbons (Fsp3) is 0.533. The zero-order valence-corrected chi connectivity index (χ0v) is 11.9. The summed E-state index contributed by atoms with van der Waals surface area (Å²) in [4.78, 5) is 2.15. The molecule has 0 saturated carbocycles. The van der Waals surface area contributed by atoms with Crippen LogP contribution in [0.3, 0.4) is 0 Å². The first-order valence-electron chi connectivity index (χ1n) is 6.19. The van der Waals surface area contributed by atoms with E-state index in [-0.39, 0.29) is 6.04 Å². The van der Waals surface area contributed by atoms with E-state index in [0.29, 0.717) is 6.42 Å². The highest BCUT2D eigenvalue weighted by atomic mass is 16.5. The third-order valence-electron chi connectivity index (χ3n) is 3.20. The summed E-state index contributed by atoms with van der Waals surface area (Å²) < 4.78 is 5.51. The Morgan fingerprint density at radius 2 is 2.00 bits per heavy atom. The topological polar surface area (TPSA) is 36.3 Å². The summed E-state index contributed by atoms with van der Waals surface area (Å²) in [5.41, 5.74) is 3.62. The molecule has 0 amide bonds. The molecule has 0 N–H and O–H groups in total. The molecule has 1 rings (SSSR count). The molecular formula is C15H22N2O. The van der Waals surface area contributed by atoms with E-state index >= 15 is 0 Å². The molecule has 0 radical (unpaired) electrons. The molecule has 98 valence electrons. The largest absolute Gasteiger partial charge is 0.496 e. The van der Waals surface area contributed by atoms with Crippen molar-refractivity contribution in [1.29, 1.82) is 5.26 Å². The SMILES string of the molecule is COc1cc(C)cc(C)c1C(CCC#N)N(C)C. The monoisotopic (exact) mass is 246 g/mol. The van der Waals surface area contributed by atoms with E-state index in [4.69, 9.17) is 10.00 Å². The zero-order chi connectivity index (χ0) is 13.7. The van der Waals surface area contributed by atoms with Crippen LogP contribution in [-0.2, 0) is 0 Å². The number of rotatable bonds is 5. The van der Waals surface area contributed by atoms with Crippen molar-refractivity contribution >= 4 is 0 Å². The minimum atomic E-state index is 0.222. The van der Waals surface area contributed by atoms with Gasteiger partial charge in [0.2, 0.25) is 0 Å². The second-order valence-corrected chi connectivity index (χ2v) is 4.87. The van der Waals surface area contributed by atoms with Gasteiger partial charge in [-0.05, 0) is 51.6 Å². The Balaban J connectivity index is 3.22. The predicted molar refractivity (Wildman–Crippen MR) is 73.7 cm³/mol. The van der Waals surface area contributed by atoms with Gasteiger partial charge in [0, 0.05) is 18.0 Å². The molecule has 0 bridgehead atoms. The van der Waals surface area contributed by atoms with E-state index in [1.54, 1.807) is 7.11 Å². The van der Waals surface area contributed by atoms with Crippen LogP contribution in [0.1, 0.15) is 35.6 Å². The van der Waals surface area contributed by atoms with Crippen LogP contribution in [0, 0.1) is 25.2 Å². The van der Waals surface area contributed by atoms with Gasteiger partial charge in [0.15, 0.2) is 0 Å². The fourth-order valence-electron chi connectivity index (χ4n) is 2.40. The number of nitriles is 1.